The van der Waals surface area contributed by atoms with Crippen LogP contribution in [0.4, 0.5) is 0 Å². The molecule has 6 heteroatoms. The summed E-state index contributed by atoms with van der Waals surface area (Å²) in [5, 5.41) is 2.23. The molecule has 5 nitrogen and oxygen atoms in total. The smallest absolute Gasteiger partial charge is 0.337 e. The number of nitrogens with one attached hydrogen (secondary N) is 1. The summed E-state index contributed by atoms with van der Waals surface area (Å²) in [6.45, 7) is 1.72. The van der Waals surface area contributed by atoms with Crippen LogP contribution < -0.4 is 5.32 Å². The van der Waals surface area contributed by atoms with E-state index in [9.17, 15) is 9.36 Å². The van der Waals surface area contributed by atoms with E-state index in [4.69, 9.17) is 4.89 Å². The molecule has 1 amide bonds. The van der Waals surface area contributed by atoms with Gasteiger partial charge in [0.15, 0.2) is 0 Å². The first-order valence-corrected chi connectivity index (χ1v) is 4.95. The van der Waals surface area contributed by atoms with Crippen LogP contribution >= 0.6 is 7.60 Å². The lowest BCUT2D eigenvalue weighted by atomic mass is 10.7. The van der Waals surface area contributed by atoms with E-state index in [1.165, 1.54) is 7.05 Å². The minimum absolute atomic E-state index is 0.130. The van der Waals surface area contributed by atoms with Crippen LogP contribution in [0.2, 0.25) is 0 Å². The number of carbonyl (C=O) groups excluding carboxylic acids is 1. The van der Waals surface area contributed by atoms with Crippen molar-refractivity contribution in [3.63, 3.8) is 0 Å². The largest absolute Gasteiger partial charge is 0.359 e. The Bertz CT molecular complexity index is 181. The molecular formula is C5H12NO4P. The second-order valence-corrected chi connectivity index (χ2v) is 3.74. The lowest BCUT2D eigenvalue weighted by molar-refractivity contribution is -0.118. The predicted octanol–water partition coefficient (Wildman–Crippen LogP) is -0.0457. The van der Waals surface area contributed by atoms with Crippen molar-refractivity contribution >= 4 is 13.5 Å². The highest BCUT2D eigenvalue weighted by atomic mass is 31.2. The van der Waals surface area contributed by atoms with Crippen LogP contribution in [-0.4, -0.2) is 30.6 Å². The summed E-state index contributed by atoms with van der Waals surface area (Å²) < 4.78 is 15.3. The molecule has 0 aliphatic heterocycles. The van der Waals surface area contributed by atoms with E-state index in [2.05, 4.69) is 9.84 Å². The third-order valence-corrected chi connectivity index (χ3v) is 2.30. The monoisotopic (exact) mass is 181 g/mol. The van der Waals surface area contributed by atoms with Gasteiger partial charge in [0.2, 0.25) is 5.91 Å². The highest BCUT2D eigenvalue weighted by Crippen LogP contribution is 2.40. The highest BCUT2D eigenvalue weighted by Gasteiger charge is 2.22. The second kappa shape index (κ2) is 4.49. The zero-order valence-electron chi connectivity index (χ0n) is 6.53. The molecule has 11 heavy (non-hydrogen) atoms. The zero-order valence-corrected chi connectivity index (χ0v) is 7.43. The van der Waals surface area contributed by atoms with Crippen molar-refractivity contribution in [3.05, 3.63) is 0 Å². The molecule has 0 fully saturated rings. The maximum Gasteiger partial charge on any atom is 0.337 e. The maximum absolute atomic E-state index is 10.9. The van der Waals surface area contributed by atoms with Crippen molar-refractivity contribution < 1.29 is 18.8 Å². The van der Waals surface area contributed by atoms with E-state index in [-0.39, 0.29) is 6.61 Å². The van der Waals surface area contributed by atoms with Crippen molar-refractivity contribution in [2.24, 2.45) is 0 Å². The fraction of sp³-hybridized carbons (Fsp3) is 0.800. The first-order chi connectivity index (χ1) is 5.02. The van der Waals surface area contributed by atoms with Crippen molar-refractivity contribution in [2.45, 2.75) is 6.92 Å². The molecule has 0 saturated heterocycles. The molecule has 0 saturated carbocycles. The average Bonchev–Trinajstić information content (AvgIpc) is 1.86. The van der Waals surface area contributed by atoms with Crippen LogP contribution in [0.1, 0.15) is 6.92 Å². The van der Waals surface area contributed by atoms with E-state index in [1.54, 1.807) is 6.92 Å². The molecule has 0 spiro atoms. The van der Waals surface area contributed by atoms with E-state index >= 15 is 0 Å². The van der Waals surface area contributed by atoms with Crippen LogP contribution in [0.15, 0.2) is 0 Å². The third kappa shape index (κ3) is 4.95. The van der Waals surface area contributed by atoms with Crippen LogP contribution in [0, 0.1) is 0 Å². The molecule has 1 unspecified atom stereocenters. The van der Waals surface area contributed by atoms with E-state index in [1.807, 2.05) is 0 Å². The lowest BCUT2D eigenvalue weighted by Gasteiger charge is -2.08. The quantitative estimate of drug-likeness (QED) is 0.596. The molecule has 0 aliphatic carbocycles. The number of hydrogen-bond acceptors (Lipinski definition) is 3. The Morgan fingerprint density at radius 1 is 1.73 bits per heavy atom. The summed E-state index contributed by atoms with van der Waals surface area (Å²) in [5.41, 5.74) is 0. The zero-order chi connectivity index (χ0) is 8.91. The summed E-state index contributed by atoms with van der Waals surface area (Å²) in [5.74, 6) is -0.496. The molecular weight excluding hydrogens is 169 g/mol. The molecule has 1 atom stereocenters. The van der Waals surface area contributed by atoms with Gasteiger partial charge in [-0.05, 0) is 6.92 Å². The van der Waals surface area contributed by atoms with Gasteiger partial charge in [-0.1, -0.05) is 0 Å². The SMILES string of the molecule is CCOP(=O)(O)CC(=O)NC. The van der Waals surface area contributed by atoms with Crippen LogP contribution in [0.5, 0.6) is 0 Å². The van der Waals surface area contributed by atoms with Gasteiger partial charge < -0.3 is 14.7 Å². The number of hydrogen-bond donors (Lipinski definition) is 2. The normalized spacial score (nSPS) is 15.5. The van der Waals surface area contributed by atoms with Gasteiger partial charge in [0.05, 0.1) is 6.61 Å². The minimum Gasteiger partial charge on any atom is -0.359 e. The molecule has 2 N–H and O–H groups in total. The van der Waals surface area contributed by atoms with Gasteiger partial charge in [-0.2, -0.15) is 0 Å². The van der Waals surface area contributed by atoms with Crippen LogP contribution in [-0.2, 0) is 13.9 Å². The van der Waals surface area contributed by atoms with Gasteiger partial charge in [0, 0.05) is 7.05 Å². The van der Waals surface area contributed by atoms with E-state index < -0.39 is 19.7 Å². The fourth-order valence-electron chi connectivity index (χ4n) is 0.508. The Hall–Kier alpha value is -0.380. The molecule has 0 rings (SSSR count). The van der Waals surface area contributed by atoms with Crippen molar-refractivity contribution in [1.29, 1.82) is 0 Å². The summed E-state index contributed by atoms with van der Waals surface area (Å²) in [7, 11) is -2.28. The molecule has 0 radical (unpaired) electrons. The van der Waals surface area contributed by atoms with Gasteiger partial charge in [-0.3, -0.25) is 9.36 Å². The Balaban J connectivity index is 3.91. The van der Waals surface area contributed by atoms with Gasteiger partial charge >= 0.3 is 7.60 Å². The number of amides is 1. The van der Waals surface area contributed by atoms with Gasteiger partial charge in [0.25, 0.3) is 0 Å². The minimum atomic E-state index is -3.68. The van der Waals surface area contributed by atoms with Crippen LogP contribution in [0.3, 0.4) is 0 Å². The van der Waals surface area contributed by atoms with Gasteiger partial charge in [-0.25, -0.2) is 0 Å². The van der Waals surface area contributed by atoms with E-state index in [0.29, 0.717) is 0 Å². The van der Waals surface area contributed by atoms with E-state index in [0.717, 1.165) is 0 Å². The molecule has 0 aliphatic rings. The summed E-state index contributed by atoms with van der Waals surface area (Å²) in [6, 6.07) is 0. The molecule has 0 aromatic heterocycles. The number of rotatable bonds is 4. The fourth-order valence-corrected chi connectivity index (χ4v) is 1.52. The number of carbonyl (C=O) groups is 1. The summed E-state index contributed by atoms with van der Waals surface area (Å²) >= 11 is 0. The average molecular weight is 181 g/mol. The predicted molar refractivity (Wildman–Crippen MR) is 40.4 cm³/mol. The Labute approximate surface area is 65.3 Å². The van der Waals surface area contributed by atoms with Crippen molar-refractivity contribution in [2.75, 3.05) is 19.8 Å². The molecule has 0 aromatic rings. The lowest BCUT2D eigenvalue weighted by Crippen LogP contribution is -2.22. The maximum atomic E-state index is 10.9. The highest BCUT2D eigenvalue weighted by molar-refractivity contribution is 7.53. The molecule has 0 heterocycles. The summed E-state index contributed by atoms with van der Waals surface area (Å²) in [6.07, 6.45) is -0.475. The molecule has 0 aromatic carbocycles. The van der Waals surface area contributed by atoms with Crippen molar-refractivity contribution in [3.8, 4) is 0 Å². The topological polar surface area (TPSA) is 75.6 Å². The third-order valence-electron chi connectivity index (χ3n) is 0.953. The Kier molecular flexibility index (Phi) is 4.33. The summed E-state index contributed by atoms with van der Waals surface area (Å²) in [4.78, 5) is 19.5. The second-order valence-electron chi connectivity index (χ2n) is 1.89. The Morgan fingerprint density at radius 3 is 2.64 bits per heavy atom. The first-order valence-electron chi connectivity index (χ1n) is 3.18. The molecule has 0 bridgehead atoms. The molecule has 66 valence electrons. The first kappa shape index (κ1) is 10.6. The van der Waals surface area contributed by atoms with Gasteiger partial charge in [-0.15, -0.1) is 0 Å². The van der Waals surface area contributed by atoms with Crippen LogP contribution in [0.25, 0.3) is 0 Å². The van der Waals surface area contributed by atoms with Crippen molar-refractivity contribution in [1.82, 2.24) is 5.32 Å². The standard InChI is InChI=1S/C5H12NO4P/c1-3-10-11(8,9)4-5(7)6-2/h3-4H2,1-2H3,(H,6,7)(H,8,9). The van der Waals surface area contributed by atoms with Gasteiger partial charge in [0.1, 0.15) is 6.16 Å². The Morgan fingerprint density at radius 2 is 2.27 bits per heavy atom.